The van der Waals surface area contributed by atoms with Gasteiger partial charge in [-0.2, -0.15) is 0 Å². The fourth-order valence-electron chi connectivity index (χ4n) is 1.80. The Morgan fingerprint density at radius 2 is 2.27 bits per heavy atom. The Morgan fingerprint density at radius 3 is 2.93 bits per heavy atom. The molecule has 4 nitrogen and oxygen atoms in total. The molecule has 0 radical (unpaired) electrons. The molecule has 1 aromatic rings. The van der Waals surface area contributed by atoms with Gasteiger partial charge in [0, 0.05) is 5.75 Å². The van der Waals surface area contributed by atoms with Crippen molar-refractivity contribution in [2.45, 2.75) is 36.9 Å². The molecule has 0 atom stereocenters. The molecule has 1 aliphatic carbocycles. The Kier molecular flexibility index (Phi) is 3.80. The van der Waals surface area contributed by atoms with Crippen molar-refractivity contribution in [3.05, 3.63) is 11.1 Å². The molecule has 1 saturated carbocycles. The predicted octanol–water partition coefficient (Wildman–Crippen LogP) is 2.79. The Morgan fingerprint density at radius 1 is 1.53 bits per heavy atom. The molecule has 82 valence electrons. The Balaban J connectivity index is 2.04. The van der Waals surface area contributed by atoms with Crippen LogP contribution in [0.1, 0.15) is 31.7 Å². The van der Waals surface area contributed by atoms with Crippen molar-refractivity contribution in [1.29, 1.82) is 0 Å². The molecule has 0 spiro atoms. The van der Waals surface area contributed by atoms with Gasteiger partial charge >= 0.3 is 0 Å². The van der Waals surface area contributed by atoms with Crippen LogP contribution in [-0.4, -0.2) is 26.0 Å². The highest BCUT2D eigenvalue weighted by molar-refractivity contribution is 9.11. The first-order valence-corrected chi connectivity index (χ1v) is 6.79. The SMILES string of the molecule is C=C(Br)CSc1nnnn1C1CCCC1. The van der Waals surface area contributed by atoms with Gasteiger partial charge in [-0.05, 0) is 27.8 Å². The van der Waals surface area contributed by atoms with Crippen molar-refractivity contribution in [2.75, 3.05) is 5.75 Å². The van der Waals surface area contributed by atoms with E-state index in [2.05, 4.69) is 38.0 Å². The molecule has 1 aliphatic rings. The first-order valence-electron chi connectivity index (χ1n) is 5.01. The smallest absolute Gasteiger partial charge is 0.209 e. The monoisotopic (exact) mass is 288 g/mol. The van der Waals surface area contributed by atoms with Crippen LogP contribution >= 0.6 is 27.7 Å². The standard InChI is InChI=1S/C9H13BrN4S/c1-7(10)6-15-9-11-12-13-14(9)8-4-2-3-5-8/h8H,1-6H2. The minimum absolute atomic E-state index is 0.506. The maximum atomic E-state index is 4.07. The molecule has 0 N–H and O–H groups in total. The van der Waals surface area contributed by atoms with Gasteiger partial charge in [-0.25, -0.2) is 4.68 Å². The molecule has 1 heterocycles. The third kappa shape index (κ3) is 2.81. The highest BCUT2D eigenvalue weighted by Crippen LogP contribution is 2.31. The van der Waals surface area contributed by atoms with Gasteiger partial charge in [0.2, 0.25) is 5.16 Å². The second-order valence-electron chi connectivity index (χ2n) is 3.65. The zero-order valence-corrected chi connectivity index (χ0v) is 10.8. The van der Waals surface area contributed by atoms with Crippen molar-refractivity contribution in [3.63, 3.8) is 0 Å². The maximum absolute atomic E-state index is 4.07. The van der Waals surface area contributed by atoms with Gasteiger partial charge in [-0.3, -0.25) is 0 Å². The molecule has 1 aromatic heterocycles. The second kappa shape index (κ2) is 5.12. The predicted molar refractivity (Wildman–Crippen MR) is 64.1 cm³/mol. The summed E-state index contributed by atoms with van der Waals surface area (Å²) in [4.78, 5) is 0. The molecule has 0 amide bonds. The molecule has 6 heteroatoms. The lowest BCUT2D eigenvalue weighted by Gasteiger charge is -2.10. The first kappa shape index (κ1) is 11.1. The van der Waals surface area contributed by atoms with E-state index in [0.29, 0.717) is 6.04 Å². The fourth-order valence-corrected chi connectivity index (χ4v) is 2.84. The summed E-state index contributed by atoms with van der Waals surface area (Å²) in [7, 11) is 0. The van der Waals surface area contributed by atoms with Gasteiger partial charge in [0.05, 0.1) is 6.04 Å². The van der Waals surface area contributed by atoms with Crippen LogP contribution in [-0.2, 0) is 0 Å². The van der Waals surface area contributed by atoms with E-state index in [4.69, 9.17) is 0 Å². The quantitative estimate of drug-likeness (QED) is 0.799. The van der Waals surface area contributed by atoms with E-state index in [1.165, 1.54) is 25.7 Å². The topological polar surface area (TPSA) is 43.6 Å². The van der Waals surface area contributed by atoms with E-state index in [0.717, 1.165) is 15.4 Å². The summed E-state index contributed by atoms with van der Waals surface area (Å²) in [5.74, 6) is 0.813. The molecule has 1 fully saturated rings. The average molecular weight is 289 g/mol. The third-order valence-electron chi connectivity index (χ3n) is 2.49. The number of halogens is 1. The highest BCUT2D eigenvalue weighted by atomic mass is 79.9. The van der Waals surface area contributed by atoms with Gasteiger partial charge < -0.3 is 0 Å². The summed E-state index contributed by atoms with van der Waals surface area (Å²) in [5, 5.41) is 12.7. The number of aromatic nitrogens is 4. The van der Waals surface area contributed by atoms with E-state index in [1.807, 2.05) is 4.68 Å². The van der Waals surface area contributed by atoms with Crippen molar-refractivity contribution >= 4 is 27.7 Å². The molecule has 15 heavy (non-hydrogen) atoms. The molecule has 0 saturated heterocycles. The zero-order valence-electron chi connectivity index (χ0n) is 8.40. The largest absolute Gasteiger partial charge is 0.217 e. The molecule has 0 aliphatic heterocycles. The van der Waals surface area contributed by atoms with Crippen LogP contribution in [0.5, 0.6) is 0 Å². The van der Waals surface area contributed by atoms with Crippen LogP contribution in [0.4, 0.5) is 0 Å². The summed E-state index contributed by atoms with van der Waals surface area (Å²) in [5.41, 5.74) is 0. The van der Waals surface area contributed by atoms with Crippen molar-refractivity contribution in [2.24, 2.45) is 0 Å². The molecular formula is C9H13BrN4S. The Hall–Kier alpha value is -0.360. The van der Waals surface area contributed by atoms with Crippen LogP contribution in [0, 0.1) is 0 Å². The second-order valence-corrected chi connectivity index (χ2v) is 5.71. The Bertz CT molecular complexity index is 346. The minimum Gasteiger partial charge on any atom is -0.217 e. The van der Waals surface area contributed by atoms with Gasteiger partial charge in [-0.1, -0.05) is 47.1 Å². The summed E-state index contributed by atoms with van der Waals surface area (Å²) >= 11 is 4.96. The Labute approximate surface area is 102 Å². The van der Waals surface area contributed by atoms with Gasteiger partial charge in [-0.15, -0.1) is 5.10 Å². The lowest BCUT2D eigenvalue weighted by Crippen LogP contribution is -2.08. The number of thioether (sulfide) groups is 1. The average Bonchev–Trinajstić information content (AvgIpc) is 2.85. The summed E-state index contributed by atoms with van der Waals surface area (Å²) in [6.45, 7) is 3.80. The number of hydrogen-bond acceptors (Lipinski definition) is 4. The number of rotatable bonds is 4. The molecule has 2 rings (SSSR count). The number of tetrazole rings is 1. The van der Waals surface area contributed by atoms with Crippen LogP contribution < -0.4 is 0 Å². The van der Waals surface area contributed by atoms with E-state index >= 15 is 0 Å². The summed E-state index contributed by atoms with van der Waals surface area (Å²) in [6, 6.07) is 0.506. The zero-order chi connectivity index (χ0) is 10.7. The van der Waals surface area contributed by atoms with Crippen LogP contribution in [0.15, 0.2) is 16.2 Å². The fraction of sp³-hybridized carbons (Fsp3) is 0.667. The van der Waals surface area contributed by atoms with E-state index < -0.39 is 0 Å². The van der Waals surface area contributed by atoms with Crippen molar-refractivity contribution in [1.82, 2.24) is 20.2 Å². The van der Waals surface area contributed by atoms with E-state index in [9.17, 15) is 0 Å². The molecule has 0 bridgehead atoms. The highest BCUT2D eigenvalue weighted by Gasteiger charge is 2.21. The third-order valence-corrected chi connectivity index (χ3v) is 4.16. The summed E-state index contributed by atoms with van der Waals surface area (Å²) in [6.07, 6.45) is 4.99. The molecular weight excluding hydrogens is 276 g/mol. The molecule has 0 unspecified atom stereocenters. The first-order chi connectivity index (χ1) is 7.27. The van der Waals surface area contributed by atoms with E-state index in [1.54, 1.807) is 11.8 Å². The number of hydrogen-bond donors (Lipinski definition) is 0. The lowest BCUT2D eigenvalue weighted by molar-refractivity contribution is 0.423. The normalized spacial score (nSPS) is 17.1. The lowest BCUT2D eigenvalue weighted by atomic mass is 10.3. The van der Waals surface area contributed by atoms with Crippen molar-refractivity contribution in [3.8, 4) is 0 Å². The minimum atomic E-state index is 0.506. The summed E-state index contributed by atoms with van der Waals surface area (Å²) < 4.78 is 2.93. The van der Waals surface area contributed by atoms with Gasteiger partial charge in [0.15, 0.2) is 0 Å². The maximum Gasteiger partial charge on any atom is 0.209 e. The van der Waals surface area contributed by atoms with Crippen LogP contribution in [0.2, 0.25) is 0 Å². The van der Waals surface area contributed by atoms with Crippen LogP contribution in [0.25, 0.3) is 0 Å². The van der Waals surface area contributed by atoms with Gasteiger partial charge in [0.1, 0.15) is 0 Å². The number of nitrogens with zero attached hydrogens (tertiary/aromatic N) is 4. The van der Waals surface area contributed by atoms with Crippen LogP contribution in [0.3, 0.4) is 0 Å². The van der Waals surface area contributed by atoms with Crippen molar-refractivity contribution < 1.29 is 0 Å². The van der Waals surface area contributed by atoms with Gasteiger partial charge in [0.25, 0.3) is 0 Å². The molecule has 0 aromatic carbocycles. The van der Waals surface area contributed by atoms with E-state index in [-0.39, 0.29) is 0 Å².